The van der Waals surface area contributed by atoms with Gasteiger partial charge >= 0.3 is 0 Å². The maximum Gasteiger partial charge on any atom is 0.191 e. The third-order valence-corrected chi connectivity index (χ3v) is 4.64. The van der Waals surface area contributed by atoms with Gasteiger partial charge in [-0.3, -0.25) is 4.79 Å². The number of hydrogen-bond acceptors (Lipinski definition) is 3. The number of halogens is 3. The molecule has 4 nitrogen and oxygen atoms in total. The van der Waals surface area contributed by atoms with Gasteiger partial charge in [0.25, 0.3) is 0 Å². The predicted octanol–water partition coefficient (Wildman–Crippen LogP) is 4.85. The first-order valence-corrected chi connectivity index (χ1v) is 8.89. The summed E-state index contributed by atoms with van der Waals surface area (Å²) in [5.41, 5.74) is 1.96. The van der Waals surface area contributed by atoms with E-state index in [1.165, 1.54) is 0 Å². The first-order valence-electron chi connectivity index (χ1n) is 8.14. The van der Waals surface area contributed by atoms with E-state index in [0.717, 1.165) is 43.0 Å². The SMILES string of the molecule is Cl.O=c1cc(NCCCNCc2ccc(Cl)c(Cl)c2)[nH]c2ccccc12. The Kier molecular flexibility index (Phi) is 7.79. The molecule has 0 radical (unpaired) electrons. The van der Waals surface area contributed by atoms with E-state index in [0.29, 0.717) is 15.4 Å². The fourth-order valence-electron chi connectivity index (χ4n) is 2.61. The Balaban J connectivity index is 0.00000243. The molecule has 0 amide bonds. The molecule has 0 aliphatic heterocycles. The zero-order chi connectivity index (χ0) is 17.6. The molecular formula is C19H20Cl3N3O. The normalized spacial score (nSPS) is 10.5. The highest BCUT2D eigenvalue weighted by atomic mass is 35.5. The van der Waals surface area contributed by atoms with Crippen LogP contribution in [0.2, 0.25) is 10.0 Å². The predicted molar refractivity (Wildman–Crippen MR) is 113 cm³/mol. The Morgan fingerprint density at radius 3 is 2.58 bits per heavy atom. The van der Waals surface area contributed by atoms with Gasteiger partial charge in [0.1, 0.15) is 5.82 Å². The molecule has 0 aliphatic rings. The van der Waals surface area contributed by atoms with Crippen molar-refractivity contribution in [3.8, 4) is 0 Å². The van der Waals surface area contributed by atoms with Crippen LogP contribution in [0.25, 0.3) is 10.9 Å². The van der Waals surface area contributed by atoms with Crippen LogP contribution in [0.15, 0.2) is 53.3 Å². The van der Waals surface area contributed by atoms with Crippen molar-refractivity contribution in [2.45, 2.75) is 13.0 Å². The molecule has 0 saturated carbocycles. The van der Waals surface area contributed by atoms with Crippen LogP contribution in [0, 0.1) is 0 Å². The van der Waals surface area contributed by atoms with Crippen LogP contribution in [0.5, 0.6) is 0 Å². The molecule has 2 aromatic carbocycles. The maximum absolute atomic E-state index is 12.1. The number of rotatable bonds is 7. The molecule has 7 heteroatoms. The van der Waals surface area contributed by atoms with E-state index in [2.05, 4.69) is 15.6 Å². The lowest BCUT2D eigenvalue weighted by Gasteiger charge is -2.09. The van der Waals surface area contributed by atoms with E-state index in [1.807, 2.05) is 36.4 Å². The number of para-hydroxylation sites is 1. The Hall–Kier alpha value is -1.72. The van der Waals surface area contributed by atoms with Crippen LogP contribution in [-0.2, 0) is 6.54 Å². The van der Waals surface area contributed by atoms with Gasteiger partial charge in [0.2, 0.25) is 0 Å². The molecule has 0 atom stereocenters. The third-order valence-electron chi connectivity index (χ3n) is 3.90. The lowest BCUT2D eigenvalue weighted by atomic mass is 10.2. The topological polar surface area (TPSA) is 56.9 Å². The van der Waals surface area contributed by atoms with Crippen molar-refractivity contribution in [1.29, 1.82) is 0 Å². The minimum Gasteiger partial charge on any atom is -0.371 e. The molecule has 138 valence electrons. The molecule has 0 unspecified atom stereocenters. The first-order chi connectivity index (χ1) is 12.1. The van der Waals surface area contributed by atoms with Crippen LogP contribution in [-0.4, -0.2) is 18.1 Å². The van der Waals surface area contributed by atoms with E-state index >= 15 is 0 Å². The molecule has 0 aliphatic carbocycles. The molecule has 3 rings (SSSR count). The van der Waals surface area contributed by atoms with Crippen molar-refractivity contribution < 1.29 is 0 Å². The van der Waals surface area contributed by atoms with Gasteiger partial charge < -0.3 is 15.6 Å². The van der Waals surface area contributed by atoms with Crippen LogP contribution >= 0.6 is 35.6 Å². The average molecular weight is 413 g/mol. The Labute approximate surface area is 168 Å². The maximum atomic E-state index is 12.1. The lowest BCUT2D eigenvalue weighted by molar-refractivity contribution is 0.663. The summed E-state index contributed by atoms with van der Waals surface area (Å²) in [6.45, 7) is 2.36. The first kappa shape index (κ1) is 20.6. The van der Waals surface area contributed by atoms with Gasteiger partial charge in [0.05, 0.1) is 15.6 Å². The van der Waals surface area contributed by atoms with Gasteiger partial charge in [0.15, 0.2) is 5.43 Å². The zero-order valence-electron chi connectivity index (χ0n) is 14.0. The molecule has 0 bridgehead atoms. The average Bonchev–Trinajstić information content (AvgIpc) is 2.61. The van der Waals surface area contributed by atoms with E-state index in [1.54, 1.807) is 12.1 Å². The summed E-state index contributed by atoms with van der Waals surface area (Å²) in [6, 6.07) is 14.7. The van der Waals surface area contributed by atoms with Gasteiger partial charge in [-0.05, 0) is 42.8 Å². The molecule has 0 fully saturated rings. The Morgan fingerprint density at radius 2 is 1.77 bits per heavy atom. The third kappa shape index (κ3) is 5.39. The van der Waals surface area contributed by atoms with Gasteiger partial charge in [-0.1, -0.05) is 41.4 Å². The van der Waals surface area contributed by atoms with Gasteiger partial charge in [-0.2, -0.15) is 0 Å². The number of anilines is 1. The summed E-state index contributed by atoms with van der Waals surface area (Å²) >= 11 is 11.9. The van der Waals surface area contributed by atoms with E-state index in [-0.39, 0.29) is 17.8 Å². The second kappa shape index (κ2) is 9.83. The summed E-state index contributed by atoms with van der Waals surface area (Å²) in [5, 5.41) is 8.47. The standard InChI is InChI=1S/C19H19Cl2N3O.ClH/c20-15-7-6-13(10-16(15)21)12-22-8-3-9-23-19-11-18(25)14-4-1-2-5-17(14)24-19;/h1-2,4-7,10-11,22H,3,8-9,12H2,(H2,23,24,25);1H. The number of aromatic nitrogens is 1. The largest absolute Gasteiger partial charge is 0.371 e. The highest BCUT2D eigenvalue weighted by Crippen LogP contribution is 2.22. The second-order valence-corrected chi connectivity index (χ2v) is 6.61. The number of H-pyrrole nitrogens is 1. The molecule has 3 N–H and O–H groups in total. The van der Waals surface area contributed by atoms with Crippen molar-refractivity contribution in [3.63, 3.8) is 0 Å². The number of nitrogens with one attached hydrogen (secondary N) is 3. The highest BCUT2D eigenvalue weighted by molar-refractivity contribution is 6.42. The number of hydrogen-bond donors (Lipinski definition) is 3. The molecule has 0 spiro atoms. The van der Waals surface area contributed by atoms with E-state index in [4.69, 9.17) is 23.2 Å². The fourth-order valence-corrected chi connectivity index (χ4v) is 2.93. The van der Waals surface area contributed by atoms with Gasteiger partial charge in [0, 0.05) is 24.5 Å². The van der Waals surface area contributed by atoms with Crippen molar-refractivity contribution in [2.24, 2.45) is 0 Å². The molecule has 1 aromatic heterocycles. The number of benzene rings is 2. The van der Waals surface area contributed by atoms with E-state index in [9.17, 15) is 4.79 Å². The fraction of sp³-hybridized carbons (Fsp3) is 0.211. The number of fused-ring (bicyclic) bond motifs is 1. The van der Waals surface area contributed by atoms with E-state index < -0.39 is 0 Å². The van der Waals surface area contributed by atoms with Crippen LogP contribution in [0.4, 0.5) is 5.82 Å². The van der Waals surface area contributed by atoms with Crippen LogP contribution in [0.1, 0.15) is 12.0 Å². The summed E-state index contributed by atoms with van der Waals surface area (Å²) in [5.74, 6) is 0.744. The molecule has 26 heavy (non-hydrogen) atoms. The van der Waals surface area contributed by atoms with Crippen molar-refractivity contribution in [2.75, 3.05) is 18.4 Å². The minimum absolute atomic E-state index is 0. The van der Waals surface area contributed by atoms with Crippen molar-refractivity contribution in [1.82, 2.24) is 10.3 Å². The molecular weight excluding hydrogens is 393 g/mol. The number of pyridine rings is 1. The minimum atomic E-state index is 0. The summed E-state index contributed by atoms with van der Waals surface area (Å²) < 4.78 is 0. The molecule has 3 aromatic rings. The summed E-state index contributed by atoms with van der Waals surface area (Å²) in [7, 11) is 0. The molecule has 0 saturated heterocycles. The van der Waals surface area contributed by atoms with Crippen molar-refractivity contribution >= 4 is 52.3 Å². The highest BCUT2D eigenvalue weighted by Gasteiger charge is 2.01. The molecule has 1 heterocycles. The second-order valence-electron chi connectivity index (χ2n) is 5.80. The van der Waals surface area contributed by atoms with Crippen LogP contribution in [0.3, 0.4) is 0 Å². The zero-order valence-corrected chi connectivity index (χ0v) is 16.3. The summed E-state index contributed by atoms with van der Waals surface area (Å²) in [4.78, 5) is 15.3. The smallest absolute Gasteiger partial charge is 0.191 e. The Bertz CT molecular complexity index is 927. The quantitative estimate of drug-likeness (QED) is 0.486. The van der Waals surface area contributed by atoms with Crippen molar-refractivity contribution in [3.05, 3.63) is 74.4 Å². The van der Waals surface area contributed by atoms with Crippen LogP contribution < -0.4 is 16.1 Å². The summed E-state index contributed by atoms with van der Waals surface area (Å²) in [6.07, 6.45) is 0.927. The lowest BCUT2D eigenvalue weighted by Crippen LogP contribution is -2.18. The Morgan fingerprint density at radius 1 is 0.962 bits per heavy atom. The van der Waals surface area contributed by atoms with Gasteiger partial charge in [-0.25, -0.2) is 0 Å². The monoisotopic (exact) mass is 411 g/mol. The number of aromatic amines is 1. The van der Waals surface area contributed by atoms with Gasteiger partial charge in [-0.15, -0.1) is 12.4 Å².